The number of rotatable bonds is 4. The van der Waals surface area contributed by atoms with E-state index in [2.05, 4.69) is 27.3 Å². The average molecular weight is 243 g/mol. The molecular weight excluding hydrogens is 232 g/mol. The molecule has 0 aliphatic rings. The molecule has 1 aromatic rings. The summed E-state index contributed by atoms with van der Waals surface area (Å²) in [4.78, 5) is 0. The van der Waals surface area contributed by atoms with Gasteiger partial charge in [-0.2, -0.15) is 0 Å². The summed E-state index contributed by atoms with van der Waals surface area (Å²) in [6, 6.07) is 1.91. The molecule has 0 saturated heterocycles. The van der Waals surface area contributed by atoms with E-state index in [4.69, 9.17) is 16.7 Å². The highest BCUT2D eigenvalue weighted by Crippen LogP contribution is 2.26. The molecule has 4 heteroatoms. The van der Waals surface area contributed by atoms with Crippen molar-refractivity contribution in [2.75, 3.05) is 0 Å². The molecule has 1 heterocycles. The Balaban J connectivity index is 2.68. The van der Waals surface area contributed by atoms with Gasteiger partial charge in [-0.05, 0) is 28.4 Å². The molecule has 70 valence electrons. The van der Waals surface area contributed by atoms with Gasteiger partial charge >= 0.3 is 0 Å². The molecule has 0 bridgehead atoms. The van der Waals surface area contributed by atoms with Crippen LogP contribution in [0.2, 0.25) is 0 Å². The molecule has 1 unspecified atom stereocenters. The Labute approximate surface area is 85.8 Å². The van der Waals surface area contributed by atoms with Crippen LogP contribution < -0.4 is 11.3 Å². The van der Waals surface area contributed by atoms with E-state index in [9.17, 15) is 0 Å². The number of hydrazine groups is 1. The van der Waals surface area contributed by atoms with E-state index in [-0.39, 0.29) is 6.04 Å². The van der Waals surface area contributed by atoms with E-state index in [1.807, 2.05) is 6.07 Å². The van der Waals surface area contributed by atoms with Crippen molar-refractivity contribution in [3.8, 4) is 12.3 Å². The van der Waals surface area contributed by atoms with Crippen molar-refractivity contribution in [2.45, 2.75) is 18.9 Å². The van der Waals surface area contributed by atoms with Crippen LogP contribution in [-0.2, 0) is 0 Å². The molecule has 3 N–H and O–H groups in total. The Kier molecular flexibility index (Phi) is 4.03. The van der Waals surface area contributed by atoms with Crippen molar-refractivity contribution in [1.29, 1.82) is 0 Å². The lowest BCUT2D eigenvalue weighted by Gasteiger charge is -2.12. The molecule has 0 amide bonds. The van der Waals surface area contributed by atoms with Crippen molar-refractivity contribution >= 4 is 15.9 Å². The van der Waals surface area contributed by atoms with Gasteiger partial charge in [0.05, 0.1) is 12.3 Å². The fourth-order valence-corrected chi connectivity index (χ4v) is 1.63. The van der Waals surface area contributed by atoms with Gasteiger partial charge < -0.3 is 4.42 Å². The molecule has 1 atom stereocenters. The standard InChI is InChI=1S/C9H11BrN2O/c1-2-3-4-8(12-11)7-5-6-13-9(7)10/h1,5-6,8,12H,3-4,11H2. The van der Waals surface area contributed by atoms with Crippen LogP contribution >= 0.6 is 15.9 Å². The van der Waals surface area contributed by atoms with E-state index in [1.54, 1.807) is 6.26 Å². The van der Waals surface area contributed by atoms with Gasteiger partial charge in [0.15, 0.2) is 4.67 Å². The van der Waals surface area contributed by atoms with Gasteiger partial charge in [0.1, 0.15) is 0 Å². The van der Waals surface area contributed by atoms with Gasteiger partial charge in [-0.3, -0.25) is 11.3 Å². The van der Waals surface area contributed by atoms with E-state index >= 15 is 0 Å². The van der Waals surface area contributed by atoms with Gasteiger partial charge in [0.25, 0.3) is 0 Å². The van der Waals surface area contributed by atoms with Gasteiger partial charge in [-0.1, -0.05) is 0 Å². The van der Waals surface area contributed by atoms with Crippen molar-refractivity contribution in [1.82, 2.24) is 5.43 Å². The van der Waals surface area contributed by atoms with E-state index in [0.29, 0.717) is 11.1 Å². The maximum atomic E-state index is 5.39. The largest absolute Gasteiger partial charge is 0.457 e. The SMILES string of the molecule is C#CCCC(NN)c1ccoc1Br. The zero-order valence-corrected chi connectivity index (χ0v) is 8.67. The normalized spacial score (nSPS) is 12.4. The van der Waals surface area contributed by atoms with Crippen LogP contribution in [0.1, 0.15) is 24.4 Å². The van der Waals surface area contributed by atoms with E-state index in [0.717, 1.165) is 12.0 Å². The van der Waals surface area contributed by atoms with Crippen molar-refractivity contribution in [2.24, 2.45) is 5.84 Å². The first kappa shape index (κ1) is 10.3. The summed E-state index contributed by atoms with van der Waals surface area (Å²) in [5.74, 6) is 7.96. The fourth-order valence-electron chi connectivity index (χ4n) is 1.11. The van der Waals surface area contributed by atoms with Gasteiger partial charge in [0, 0.05) is 12.0 Å². The third-order valence-electron chi connectivity index (χ3n) is 1.80. The lowest BCUT2D eigenvalue weighted by Crippen LogP contribution is -2.27. The number of hydrogen-bond donors (Lipinski definition) is 2. The second kappa shape index (κ2) is 5.07. The van der Waals surface area contributed by atoms with Crippen LogP contribution in [0.15, 0.2) is 21.4 Å². The molecule has 0 radical (unpaired) electrons. The number of hydrogen-bond acceptors (Lipinski definition) is 3. The number of terminal acetylenes is 1. The lowest BCUT2D eigenvalue weighted by atomic mass is 10.1. The Morgan fingerprint density at radius 2 is 2.54 bits per heavy atom. The topological polar surface area (TPSA) is 51.2 Å². The number of nitrogens with two attached hydrogens (primary N) is 1. The average Bonchev–Trinajstić information content (AvgIpc) is 2.54. The van der Waals surface area contributed by atoms with Crippen molar-refractivity contribution in [3.05, 3.63) is 22.6 Å². The predicted molar refractivity (Wildman–Crippen MR) is 54.5 cm³/mol. The summed E-state index contributed by atoms with van der Waals surface area (Å²) < 4.78 is 5.80. The zero-order chi connectivity index (χ0) is 9.68. The van der Waals surface area contributed by atoms with Gasteiger partial charge in [-0.15, -0.1) is 12.3 Å². The highest BCUT2D eigenvalue weighted by molar-refractivity contribution is 9.10. The Hall–Kier alpha value is -0.760. The maximum Gasteiger partial charge on any atom is 0.173 e. The fraction of sp³-hybridized carbons (Fsp3) is 0.333. The lowest BCUT2D eigenvalue weighted by molar-refractivity contribution is 0.493. The van der Waals surface area contributed by atoms with Crippen LogP contribution in [0.4, 0.5) is 0 Å². The molecule has 1 rings (SSSR count). The highest BCUT2D eigenvalue weighted by Gasteiger charge is 2.14. The molecule has 0 spiro atoms. The number of halogens is 1. The molecule has 0 fully saturated rings. The maximum absolute atomic E-state index is 5.39. The van der Waals surface area contributed by atoms with Crippen molar-refractivity contribution in [3.63, 3.8) is 0 Å². The predicted octanol–water partition coefficient (Wildman–Crippen LogP) is 1.96. The summed E-state index contributed by atoms with van der Waals surface area (Å²) in [5.41, 5.74) is 3.69. The zero-order valence-electron chi connectivity index (χ0n) is 7.09. The summed E-state index contributed by atoms with van der Waals surface area (Å²) in [5, 5.41) is 0. The first-order chi connectivity index (χ1) is 6.29. The second-order valence-electron chi connectivity index (χ2n) is 2.61. The molecule has 0 aliphatic carbocycles. The Morgan fingerprint density at radius 1 is 1.77 bits per heavy atom. The highest BCUT2D eigenvalue weighted by atomic mass is 79.9. The van der Waals surface area contributed by atoms with Gasteiger partial charge in [0.2, 0.25) is 0 Å². The minimum Gasteiger partial charge on any atom is -0.457 e. The monoisotopic (exact) mass is 242 g/mol. The summed E-state index contributed by atoms with van der Waals surface area (Å²) in [6.45, 7) is 0. The smallest absolute Gasteiger partial charge is 0.173 e. The third-order valence-corrected chi connectivity index (χ3v) is 2.44. The van der Waals surface area contributed by atoms with Crippen LogP contribution in [0.5, 0.6) is 0 Å². The number of furan rings is 1. The third kappa shape index (κ3) is 2.59. The Morgan fingerprint density at radius 3 is 3.00 bits per heavy atom. The minimum absolute atomic E-state index is 0.0455. The van der Waals surface area contributed by atoms with E-state index < -0.39 is 0 Å². The van der Waals surface area contributed by atoms with Crippen LogP contribution in [0.25, 0.3) is 0 Å². The van der Waals surface area contributed by atoms with Gasteiger partial charge in [-0.25, -0.2) is 0 Å². The van der Waals surface area contributed by atoms with E-state index in [1.165, 1.54) is 0 Å². The molecule has 1 aromatic heterocycles. The summed E-state index contributed by atoms with van der Waals surface area (Å²) >= 11 is 3.29. The first-order valence-corrected chi connectivity index (χ1v) is 4.71. The minimum atomic E-state index is 0.0455. The van der Waals surface area contributed by atoms with Crippen LogP contribution in [0, 0.1) is 12.3 Å². The molecular formula is C9H11BrN2O. The molecule has 3 nitrogen and oxygen atoms in total. The molecule has 0 saturated carbocycles. The summed E-state index contributed by atoms with van der Waals surface area (Å²) in [7, 11) is 0. The quantitative estimate of drug-likeness (QED) is 0.482. The second-order valence-corrected chi connectivity index (χ2v) is 3.33. The van der Waals surface area contributed by atoms with Crippen LogP contribution in [-0.4, -0.2) is 0 Å². The molecule has 0 aliphatic heterocycles. The van der Waals surface area contributed by atoms with Crippen molar-refractivity contribution < 1.29 is 4.42 Å². The Bertz CT molecular complexity index is 303. The number of nitrogens with one attached hydrogen (secondary N) is 1. The van der Waals surface area contributed by atoms with Crippen LogP contribution in [0.3, 0.4) is 0 Å². The molecule has 0 aromatic carbocycles. The first-order valence-electron chi connectivity index (χ1n) is 3.92. The summed E-state index contributed by atoms with van der Waals surface area (Å²) in [6.07, 6.45) is 8.26. The molecule has 13 heavy (non-hydrogen) atoms.